The van der Waals surface area contributed by atoms with E-state index in [4.69, 9.17) is 39.8 Å². The molecule has 3 N–H and O–H groups in total. The van der Waals surface area contributed by atoms with Gasteiger partial charge in [0.05, 0.1) is 28.0 Å². The highest BCUT2D eigenvalue weighted by molar-refractivity contribution is 7.80. The van der Waals surface area contributed by atoms with Crippen LogP contribution in [0.3, 0.4) is 0 Å². The molecule has 2 aromatic carbocycles. The van der Waals surface area contributed by atoms with Gasteiger partial charge in [-0.2, -0.15) is 0 Å². The second kappa shape index (κ2) is 9.22. The number of phenolic OH excluding ortho intramolecular Hbond substituents is 1. The summed E-state index contributed by atoms with van der Waals surface area (Å²) in [7, 11) is 0. The molecule has 0 saturated carbocycles. The average Bonchev–Trinajstić information content (AvgIpc) is 3.46. The molecule has 1 saturated heterocycles. The maximum absolute atomic E-state index is 11.5. The van der Waals surface area contributed by atoms with Crippen LogP contribution < -0.4 is 10.2 Å². The Balaban J connectivity index is 1.64. The molecular weight excluding hydrogens is 509 g/mol. The zero-order valence-electron chi connectivity index (χ0n) is 17.9. The zero-order valence-corrected chi connectivity index (χ0v) is 20.2. The third-order valence-electron chi connectivity index (χ3n) is 5.69. The van der Waals surface area contributed by atoms with E-state index >= 15 is 0 Å². The van der Waals surface area contributed by atoms with Gasteiger partial charge in [0, 0.05) is 16.8 Å². The van der Waals surface area contributed by atoms with Gasteiger partial charge in [-0.05, 0) is 72.9 Å². The van der Waals surface area contributed by atoms with Crippen LogP contribution in [-0.2, 0) is 0 Å². The highest BCUT2D eigenvalue weighted by atomic mass is 35.5. The molecule has 2 atom stereocenters. The molecule has 10 heteroatoms. The number of furan rings is 1. The Bertz CT molecular complexity index is 1440. The number of hydrogen-bond donors (Lipinski definition) is 3. The van der Waals surface area contributed by atoms with E-state index in [0.29, 0.717) is 43.6 Å². The third-order valence-corrected chi connectivity index (χ3v) is 6.57. The zero-order chi connectivity index (χ0) is 24.7. The lowest BCUT2D eigenvalue weighted by atomic mass is 10.0. The quantitative estimate of drug-likeness (QED) is 0.263. The summed E-state index contributed by atoms with van der Waals surface area (Å²) in [5.41, 5.74) is 1.65. The Labute approximate surface area is 215 Å². The molecular formula is C25H17Cl2N3O4S. The van der Waals surface area contributed by atoms with Crippen molar-refractivity contribution < 1.29 is 19.4 Å². The number of carboxylic acids is 1. The lowest BCUT2D eigenvalue weighted by molar-refractivity contribution is 0.0697. The number of rotatable bonds is 5. The Morgan fingerprint density at radius 3 is 2.66 bits per heavy atom. The molecule has 5 rings (SSSR count). The van der Waals surface area contributed by atoms with E-state index in [2.05, 4.69) is 10.3 Å². The van der Waals surface area contributed by atoms with Gasteiger partial charge in [-0.25, -0.2) is 4.79 Å². The third kappa shape index (κ3) is 4.32. The van der Waals surface area contributed by atoms with Crippen molar-refractivity contribution in [3.63, 3.8) is 0 Å². The number of halogens is 2. The minimum atomic E-state index is -1.07. The number of hydrogen-bond acceptors (Lipinski definition) is 5. The summed E-state index contributed by atoms with van der Waals surface area (Å²) < 4.78 is 6.23. The van der Waals surface area contributed by atoms with E-state index in [9.17, 15) is 15.0 Å². The van der Waals surface area contributed by atoms with Crippen molar-refractivity contribution in [1.29, 1.82) is 0 Å². The van der Waals surface area contributed by atoms with E-state index in [0.717, 1.165) is 0 Å². The molecule has 4 aromatic rings. The number of carbonyl (C=O) groups is 1. The van der Waals surface area contributed by atoms with Crippen molar-refractivity contribution in [3.05, 3.63) is 100.0 Å². The van der Waals surface area contributed by atoms with E-state index in [1.807, 2.05) is 18.2 Å². The number of thiocarbonyl (C=S) groups is 1. The van der Waals surface area contributed by atoms with Crippen molar-refractivity contribution in [2.24, 2.45) is 0 Å². The first kappa shape index (κ1) is 23.2. The summed E-state index contributed by atoms with van der Waals surface area (Å²) in [6.45, 7) is 0. The fourth-order valence-corrected chi connectivity index (χ4v) is 4.81. The van der Waals surface area contributed by atoms with Gasteiger partial charge < -0.3 is 24.8 Å². The Hall–Kier alpha value is -3.59. The second-order valence-electron chi connectivity index (χ2n) is 7.83. The van der Waals surface area contributed by atoms with E-state index in [1.165, 1.54) is 24.3 Å². The number of anilines is 1. The van der Waals surface area contributed by atoms with Crippen LogP contribution >= 0.6 is 35.4 Å². The van der Waals surface area contributed by atoms with Gasteiger partial charge in [-0.15, -0.1) is 0 Å². The number of nitrogens with zero attached hydrogens (tertiary/aromatic N) is 2. The van der Waals surface area contributed by atoms with Crippen LogP contribution in [0, 0.1) is 0 Å². The predicted octanol–water partition coefficient (Wildman–Crippen LogP) is 6.23. The molecule has 35 heavy (non-hydrogen) atoms. The first-order valence-corrected chi connectivity index (χ1v) is 11.6. The SMILES string of the molecule is O=C(O)c1ccc(Cl)c(-c2ccc(C3C(c4ccccn4)NC(=S)N3c3cc(Cl)ccc3O)o2)c1. The van der Waals surface area contributed by atoms with Gasteiger partial charge in [0.15, 0.2) is 5.11 Å². The Morgan fingerprint density at radius 1 is 1.09 bits per heavy atom. The van der Waals surface area contributed by atoms with Crippen molar-refractivity contribution in [1.82, 2.24) is 10.3 Å². The van der Waals surface area contributed by atoms with Crippen LogP contribution in [0.5, 0.6) is 5.75 Å². The van der Waals surface area contributed by atoms with Gasteiger partial charge in [0.25, 0.3) is 0 Å². The number of phenols is 1. The highest BCUT2D eigenvalue weighted by Gasteiger charge is 2.43. The van der Waals surface area contributed by atoms with Gasteiger partial charge in [0.1, 0.15) is 23.3 Å². The van der Waals surface area contributed by atoms with Gasteiger partial charge in [-0.3, -0.25) is 4.98 Å². The number of benzene rings is 2. The molecule has 0 spiro atoms. The lowest BCUT2D eigenvalue weighted by Crippen LogP contribution is -2.29. The standard InChI is InChI=1S/C25H17Cl2N3O4S/c26-14-5-7-19(31)18(12-14)30-23(22(29-25(30)35)17-3-1-2-10-28-17)21-9-8-20(34-21)15-11-13(24(32)33)4-6-16(15)27/h1-12,22-23,31H,(H,29,35)(H,32,33). The van der Waals surface area contributed by atoms with E-state index < -0.39 is 18.1 Å². The van der Waals surface area contributed by atoms with Crippen molar-refractivity contribution >= 4 is 52.2 Å². The van der Waals surface area contributed by atoms with E-state index in [-0.39, 0.29) is 11.3 Å². The van der Waals surface area contributed by atoms with Crippen LogP contribution in [0.2, 0.25) is 10.0 Å². The molecule has 1 aliphatic rings. The summed E-state index contributed by atoms with van der Waals surface area (Å²) in [6, 6.07) is 17.2. The minimum absolute atomic E-state index is 0.00537. The molecule has 0 amide bonds. The fourth-order valence-electron chi connectivity index (χ4n) is 4.10. The molecule has 1 aliphatic heterocycles. The summed E-state index contributed by atoms with van der Waals surface area (Å²) in [6.07, 6.45) is 1.68. The Morgan fingerprint density at radius 2 is 1.91 bits per heavy atom. The van der Waals surface area contributed by atoms with Crippen LogP contribution in [0.1, 0.15) is 33.9 Å². The molecule has 0 radical (unpaired) electrons. The first-order chi connectivity index (χ1) is 16.8. The number of aromatic carboxylic acids is 1. The molecule has 2 aromatic heterocycles. The highest BCUT2D eigenvalue weighted by Crippen LogP contribution is 2.46. The molecule has 0 bridgehead atoms. The molecule has 3 heterocycles. The topological polar surface area (TPSA) is 98.8 Å². The van der Waals surface area contributed by atoms with Gasteiger partial charge in [0.2, 0.25) is 0 Å². The number of pyridine rings is 1. The van der Waals surface area contributed by atoms with Crippen molar-refractivity contribution in [3.8, 4) is 17.1 Å². The minimum Gasteiger partial charge on any atom is -0.506 e. The van der Waals surface area contributed by atoms with Crippen LogP contribution in [-0.4, -0.2) is 26.3 Å². The number of aromatic hydroxyl groups is 1. The first-order valence-electron chi connectivity index (χ1n) is 10.5. The summed E-state index contributed by atoms with van der Waals surface area (Å²) in [5.74, 6) is -0.188. The van der Waals surface area contributed by atoms with Crippen LogP contribution in [0.15, 0.2) is 77.3 Å². The average molecular weight is 526 g/mol. The lowest BCUT2D eigenvalue weighted by Gasteiger charge is -2.26. The van der Waals surface area contributed by atoms with Gasteiger partial charge >= 0.3 is 5.97 Å². The normalized spacial score (nSPS) is 17.4. The molecule has 1 fully saturated rings. The molecule has 2 unspecified atom stereocenters. The fraction of sp³-hybridized carbons (Fsp3) is 0.0800. The monoisotopic (exact) mass is 525 g/mol. The summed E-state index contributed by atoms with van der Waals surface area (Å²) in [4.78, 5) is 17.7. The maximum atomic E-state index is 11.5. The van der Waals surface area contributed by atoms with Crippen LogP contribution in [0.4, 0.5) is 5.69 Å². The number of nitrogens with one attached hydrogen (secondary N) is 1. The van der Waals surface area contributed by atoms with Crippen molar-refractivity contribution in [2.45, 2.75) is 12.1 Å². The predicted molar refractivity (Wildman–Crippen MR) is 137 cm³/mol. The van der Waals surface area contributed by atoms with Crippen LogP contribution in [0.25, 0.3) is 11.3 Å². The van der Waals surface area contributed by atoms with Gasteiger partial charge in [-0.1, -0.05) is 29.3 Å². The smallest absolute Gasteiger partial charge is 0.335 e. The number of carboxylic acid groups (broad SMARTS) is 1. The Kier molecular flexibility index (Phi) is 6.10. The largest absolute Gasteiger partial charge is 0.506 e. The summed E-state index contributed by atoms with van der Waals surface area (Å²) >= 11 is 18.2. The summed E-state index contributed by atoms with van der Waals surface area (Å²) in [5, 5.41) is 24.4. The second-order valence-corrected chi connectivity index (χ2v) is 9.06. The number of aromatic nitrogens is 1. The molecule has 176 valence electrons. The van der Waals surface area contributed by atoms with Crippen molar-refractivity contribution in [2.75, 3.05) is 4.90 Å². The maximum Gasteiger partial charge on any atom is 0.335 e. The van der Waals surface area contributed by atoms with E-state index in [1.54, 1.807) is 35.4 Å². The molecule has 7 nitrogen and oxygen atoms in total. The molecule has 0 aliphatic carbocycles.